The number of rotatable bonds is 2. The van der Waals surface area contributed by atoms with Gasteiger partial charge in [0.15, 0.2) is 0 Å². The maximum Gasteiger partial charge on any atom is 0.327 e. The third kappa shape index (κ3) is 1.54. The van der Waals surface area contributed by atoms with Crippen molar-refractivity contribution < 1.29 is 14.7 Å². The Morgan fingerprint density at radius 3 is 3.06 bits per heavy atom. The van der Waals surface area contributed by atoms with Crippen molar-refractivity contribution in [1.82, 2.24) is 14.7 Å². The van der Waals surface area contributed by atoms with Crippen molar-refractivity contribution in [2.45, 2.75) is 11.4 Å². The molecular formula is C11H11N3O3S. The van der Waals surface area contributed by atoms with Crippen molar-refractivity contribution >= 4 is 29.7 Å². The highest BCUT2D eigenvalue weighted by molar-refractivity contribution is 8.00. The number of fused-ring (bicyclic) bond motifs is 1. The van der Waals surface area contributed by atoms with E-state index in [1.54, 1.807) is 17.0 Å². The molecule has 0 spiro atoms. The molecule has 18 heavy (non-hydrogen) atoms. The summed E-state index contributed by atoms with van der Waals surface area (Å²) in [5, 5.41) is 12.9. The first-order valence-corrected chi connectivity index (χ1v) is 6.50. The standard InChI is InChI=1S/C11H11N3O3S/c1-13-4-6(3-12-13)2-7-9(15)14-8(11(16)17)5-18-10(7)14/h2-4,8,10H,5H2,1H3,(H,16,17)/t8?,10-/m1/s1. The Morgan fingerprint density at radius 2 is 2.44 bits per heavy atom. The second-order valence-corrected chi connectivity index (χ2v) is 5.41. The molecule has 1 N–H and O–H groups in total. The smallest absolute Gasteiger partial charge is 0.327 e. The van der Waals surface area contributed by atoms with Crippen molar-refractivity contribution in [2.24, 2.45) is 7.05 Å². The average Bonchev–Trinajstić information content (AvgIpc) is 2.89. The van der Waals surface area contributed by atoms with Gasteiger partial charge in [0.1, 0.15) is 11.4 Å². The number of carboxylic acid groups (broad SMARTS) is 1. The Bertz CT molecular complexity index is 566. The molecule has 94 valence electrons. The summed E-state index contributed by atoms with van der Waals surface area (Å²) >= 11 is 1.50. The van der Waals surface area contributed by atoms with Crippen LogP contribution in [0.5, 0.6) is 0 Å². The lowest BCUT2D eigenvalue weighted by molar-refractivity contribution is -0.150. The lowest BCUT2D eigenvalue weighted by Gasteiger charge is -2.38. The first-order valence-electron chi connectivity index (χ1n) is 5.45. The van der Waals surface area contributed by atoms with E-state index in [1.165, 1.54) is 16.7 Å². The third-order valence-electron chi connectivity index (χ3n) is 3.08. The number of carbonyl (C=O) groups excluding carboxylic acids is 1. The monoisotopic (exact) mass is 265 g/mol. The molecule has 2 saturated heterocycles. The number of aryl methyl sites for hydroxylation is 1. The zero-order chi connectivity index (χ0) is 12.9. The quantitative estimate of drug-likeness (QED) is 0.609. The van der Waals surface area contributed by atoms with Gasteiger partial charge < -0.3 is 10.0 Å². The van der Waals surface area contributed by atoms with Crippen LogP contribution in [0.1, 0.15) is 5.56 Å². The minimum Gasteiger partial charge on any atom is -0.480 e. The molecule has 1 amide bonds. The van der Waals surface area contributed by atoms with Crippen LogP contribution in [0.2, 0.25) is 0 Å². The molecule has 1 unspecified atom stereocenters. The van der Waals surface area contributed by atoms with E-state index in [-0.39, 0.29) is 11.3 Å². The van der Waals surface area contributed by atoms with E-state index in [2.05, 4.69) is 5.10 Å². The second kappa shape index (κ2) is 3.88. The minimum atomic E-state index is -0.932. The maximum absolute atomic E-state index is 11.9. The summed E-state index contributed by atoms with van der Waals surface area (Å²) in [6.45, 7) is 0. The van der Waals surface area contributed by atoms with Crippen LogP contribution in [0.4, 0.5) is 0 Å². The van der Waals surface area contributed by atoms with Gasteiger partial charge in [0.05, 0.1) is 11.8 Å². The predicted molar refractivity (Wildman–Crippen MR) is 65.7 cm³/mol. The fourth-order valence-corrected chi connectivity index (χ4v) is 3.62. The number of hydrogen-bond donors (Lipinski definition) is 1. The number of hydrogen-bond acceptors (Lipinski definition) is 4. The van der Waals surface area contributed by atoms with E-state index in [9.17, 15) is 9.59 Å². The molecule has 0 aliphatic carbocycles. The van der Waals surface area contributed by atoms with E-state index in [0.717, 1.165) is 5.56 Å². The van der Waals surface area contributed by atoms with Crippen LogP contribution in [0.25, 0.3) is 6.08 Å². The molecule has 2 fully saturated rings. The summed E-state index contributed by atoms with van der Waals surface area (Å²) in [5.41, 5.74) is 1.52. The molecule has 0 saturated carbocycles. The first-order chi connectivity index (χ1) is 8.58. The molecule has 0 aromatic carbocycles. The highest BCUT2D eigenvalue weighted by Gasteiger charge is 2.53. The van der Waals surface area contributed by atoms with Crippen LogP contribution in [0, 0.1) is 0 Å². The lowest BCUT2D eigenvalue weighted by Crippen LogP contribution is -2.56. The minimum absolute atomic E-state index is 0.112. The van der Waals surface area contributed by atoms with Gasteiger partial charge in [0.2, 0.25) is 0 Å². The molecule has 2 aliphatic heterocycles. The van der Waals surface area contributed by atoms with Crippen LogP contribution in [-0.2, 0) is 16.6 Å². The molecule has 1 aromatic rings. The first kappa shape index (κ1) is 11.3. The van der Waals surface area contributed by atoms with E-state index in [4.69, 9.17) is 5.11 Å². The van der Waals surface area contributed by atoms with E-state index < -0.39 is 12.0 Å². The molecule has 3 rings (SSSR count). The average molecular weight is 265 g/mol. The normalized spacial score (nSPS) is 28.4. The summed E-state index contributed by atoms with van der Waals surface area (Å²) in [5.74, 6) is -0.657. The molecule has 0 radical (unpaired) electrons. The molecule has 7 heteroatoms. The fraction of sp³-hybridized carbons (Fsp3) is 0.364. The summed E-state index contributed by atoms with van der Waals surface area (Å²) in [4.78, 5) is 24.3. The number of nitrogens with zero attached hydrogens (tertiary/aromatic N) is 3. The van der Waals surface area contributed by atoms with Crippen molar-refractivity contribution in [3.63, 3.8) is 0 Å². The van der Waals surface area contributed by atoms with Crippen LogP contribution in [-0.4, -0.2) is 48.8 Å². The molecule has 2 aliphatic rings. The predicted octanol–water partition coefficient (Wildman–Crippen LogP) is 0.172. The summed E-state index contributed by atoms with van der Waals surface area (Å²) in [6, 6.07) is -0.682. The fourth-order valence-electron chi connectivity index (χ4n) is 2.20. The number of aromatic nitrogens is 2. The summed E-state index contributed by atoms with van der Waals surface area (Å²) in [6.07, 6.45) is 5.28. The van der Waals surface area contributed by atoms with Gasteiger partial charge in [0, 0.05) is 24.6 Å². The summed E-state index contributed by atoms with van der Waals surface area (Å²) < 4.78 is 1.66. The summed E-state index contributed by atoms with van der Waals surface area (Å²) in [7, 11) is 1.81. The Morgan fingerprint density at radius 1 is 1.67 bits per heavy atom. The third-order valence-corrected chi connectivity index (χ3v) is 4.38. The SMILES string of the molecule is Cn1cc(C=C2C(=O)N3C(C(=O)O)CS[C@H]23)cn1. The lowest BCUT2D eigenvalue weighted by atomic mass is 10.0. The van der Waals surface area contributed by atoms with Gasteiger partial charge in [-0.05, 0) is 6.08 Å². The molecule has 6 nitrogen and oxygen atoms in total. The van der Waals surface area contributed by atoms with Crippen LogP contribution in [0.15, 0.2) is 18.0 Å². The number of carbonyl (C=O) groups is 2. The molecule has 2 atom stereocenters. The Hall–Kier alpha value is -1.76. The van der Waals surface area contributed by atoms with Gasteiger partial charge in [-0.3, -0.25) is 9.48 Å². The van der Waals surface area contributed by atoms with Crippen molar-refractivity contribution in [2.75, 3.05) is 5.75 Å². The van der Waals surface area contributed by atoms with Crippen LogP contribution in [0.3, 0.4) is 0 Å². The Labute approximate surface area is 107 Å². The zero-order valence-electron chi connectivity index (χ0n) is 9.61. The number of carboxylic acids is 1. The number of thioether (sulfide) groups is 1. The highest BCUT2D eigenvalue weighted by atomic mass is 32.2. The number of aliphatic carboxylic acids is 1. The molecular weight excluding hydrogens is 254 g/mol. The maximum atomic E-state index is 11.9. The van der Waals surface area contributed by atoms with Gasteiger partial charge in [-0.25, -0.2) is 4.79 Å². The number of amides is 1. The van der Waals surface area contributed by atoms with E-state index in [1.807, 2.05) is 13.2 Å². The second-order valence-electron chi connectivity index (χ2n) is 4.30. The van der Waals surface area contributed by atoms with Crippen molar-refractivity contribution in [3.05, 3.63) is 23.5 Å². The van der Waals surface area contributed by atoms with Gasteiger partial charge in [0.25, 0.3) is 5.91 Å². The molecule has 1 aromatic heterocycles. The largest absolute Gasteiger partial charge is 0.480 e. The van der Waals surface area contributed by atoms with Gasteiger partial charge in [-0.1, -0.05) is 0 Å². The van der Waals surface area contributed by atoms with Gasteiger partial charge in [-0.2, -0.15) is 5.10 Å². The highest BCUT2D eigenvalue weighted by Crippen LogP contribution is 2.43. The molecule has 3 heterocycles. The topological polar surface area (TPSA) is 75.4 Å². The van der Waals surface area contributed by atoms with Crippen LogP contribution >= 0.6 is 11.8 Å². The zero-order valence-corrected chi connectivity index (χ0v) is 10.4. The van der Waals surface area contributed by atoms with E-state index in [0.29, 0.717) is 11.3 Å². The van der Waals surface area contributed by atoms with Crippen LogP contribution < -0.4 is 0 Å². The van der Waals surface area contributed by atoms with Gasteiger partial charge >= 0.3 is 5.97 Å². The Balaban J connectivity index is 1.84. The van der Waals surface area contributed by atoms with Crippen molar-refractivity contribution in [3.8, 4) is 0 Å². The Kier molecular flexibility index (Phi) is 2.44. The van der Waals surface area contributed by atoms with E-state index >= 15 is 0 Å². The van der Waals surface area contributed by atoms with Gasteiger partial charge in [-0.15, -0.1) is 11.8 Å². The van der Waals surface area contributed by atoms with Crippen molar-refractivity contribution in [1.29, 1.82) is 0 Å². The molecule has 0 bridgehead atoms. The number of β-lactam (4-membered cyclic amide) rings is 1.